The highest BCUT2D eigenvalue weighted by Gasteiger charge is 2.10. The maximum absolute atomic E-state index is 13.2. The van der Waals surface area contributed by atoms with Gasteiger partial charge in [0.25, 0.3) is 5.56 Å². The zero-order chi connectivity index (χ0) is 13.3. The summed E-state index contributed by atoms with van der Waals surface area (Å²) in [6.07, 6.45) is 1.18. The molecule has 0 saturated carbocycles. The molecule has 0 atom stereocenters. The molecule has 0 aliphatic heterocycles. The summed E-state index contributed by atoms with van der Waals surface area (Å²) in [5.41, 5.74) is -0.125. The molecular formula is C10H5Cl3FN3O. The Morgan fingerprint density at radius 3 is 2.44 bits per heavy atom. The fraction of sp³-hybridized carbons (Fsp3) is 0. The Kier molecular flexibility index (Phi) is 3.75. The summed E-state index contributed by atoms with van der Waals surface area (Å²) in [6, 6.07) is 2.62. The lowest BCUT2D eigenvalue weighted by atomic mass is 10.3. The summed E-state index contributed by atoms with van der Waals surface area (Å²) >= 11 is 17.0. The second-order valence-corrected chi connectivity index (χ2v) is 4.47. The van der Waals surface area contributed by atoms with Crippen molar-refractivity contribution in [3.05, 3.63) is 49.7 Å². The van der Waals surface area contributed by atoms with Gasteiger partial charge in [0.15, 0.2) is 11.6 Å². The van der Waals surface area contributed by atoms with Crippen molar-refractivity contribution in [1.82, 2.24) is 9.97 Å². The minimum Gasteiger partial charge on any atom is -0.339 e. The number of hydrogen-bond acceptors (Lipinski definition) is 3. The van der Waals surface area contributed by atoms with Crippen molar-refractivity contribution in [1.29, 1.82) is 0 Å². The van der Waals surface area contributed by atoms with Crippen LogP contribution in [-0.4, -0.2) is 9.97 Å². The minimum atomic E-state index is -0.714. The van der Waals surface area contributed by atoms with Crippen molar-refractivity contribution < 1.29 is 4.39 Å². The van der Waals surface area contributed by atoms with Crippen LogP contribution in [0.5, 0.6) is 0 Å². The van der Waals surface area contributed by atoms with Gasteiger partial charge < -0.3 is 10.3 Å². The quantitative estimate of drug-likeness (QED) is 0.833. The van der Waals surface area contributed by atoms with E-state index in [0.29, 0.717) is 5.69 Å². The van der Waals surface area contributed by atoms with Crippen LogP contribution in [-0.2, 0) is 0 Å². The van der Waals surface area contributed by atoms with Crippen LogP contribution in [0.15, 0.2) is 23.3 Å². The number of nitrogens with zero attached hydrogens (tertiary/aromatic N) is 1. The predicted octanol–water partition coefficient (Wildman–Crippen LogP) is 3.61. The van der Waals surface area contributed by atoms with E-state index in [9.17, 15) is 9.18 Å². The van der Waals surface area contributed by atoms with Gasteiger partial charge in [0.1, 0.15) is 5.02 Å². The number of anilines is 2. The van der Waals surface area contributed by atoms with Crippen LogP contribution >= 0.6 is 34.8 Å². The summed E-state index contributed by atoms with van der Waals surface area (Å²) in [6.45, 7) is 0. The number of aromatic amines is 1. The predicted molar refractivity (Wildman–Crippen MR) is 69.6 cm³/mol. The Morgan fingerprint density at radius 2 is 1.83 bits per heavy atom. The van der Waals surface area contributed by atoms with Gasteiger partial charge in [0, 0.05) is 5.69 Å². The molecule has 2 aromatic rings. The molecule has 0 radical (unpaired) electrons. The summed E-state index contributed by atoms with van der Waals surface area (Å²) in [7, 11) is 0. The van der Waals surface area contributed by atoms with Crippen molar-refractivity contribution in [2.45, 2.75) is 0 Å². The molecule has 1 aromatic heterocycles. The van der Waals surface area contributed by atoms with E-state index in [1.807, 2.05) is 0 Å². The first-order valence-electron chi connectivity index (χ1n) is 4.64. The highest BCUT2D eigenvalue weighted by atomic mass is 35.5. The van der Waals surface area contributed by atoms with Crippen LogP contribution in [0.1, 0.15) is 0 Å². The van der Waals surface area contributed by atoms with Crippen molar-refractivity contribution in [2.24, 2.45) is 0 Å². The molecule has 2 rings (SSSR count). The van der Waals surface area contributed by atoms with E-state index in [-0.39, 0.29) is 20.9 Å². The minimum absolute atomic E-state index is 0.117. The number of aromatic nitrogens is 2. The molecule has 0 aliphatic carbocycles. The van der Waals surface area contributed by atoms with E-state index in [1.165, 1.54) is 18.5 Å². The number of nitrogens with one attached hydrogen (secondary N) is 2. The molecule has 0 unspecified atom stereocenters. The molecular weight excluding hydrogens is 303 g/mol. The van der Waals surface area contributed by atoms with E-state index in [0.717, 1.165) is 0 Å². The Balaban J connectivity index is 2.40. The average Bonchev–Trinajstić information content (AvgIpc) is 2.32. The van der Waals surface area contributed by atoms with Crippen LogP contribution in [0.3, 0.4) is 0 Å². The largest absolute Gasteiger partial charge is 0.339 e. The van der Waals surface area contributed by atoms with E-state index in [1.54, 1.807) is 0 Å². The highest BCUT2D eigenvalue weighted by Crippen LogP contribution is 2.29. The number of halogens is 4. The van der Waals surface area contributed by atoms with Gasteiger partial charge in [0.2, 0.25) is 0 Å². The molecule has 18 heavy (non-hydrogen) atoms. The van der Waals surface area contributed by atoms with Crippen LogP contribution < -0.4 is 10.9 Å². The first-order chi connectivity index (χ1) is 8.49. The van der Waals surface area contributed by atoms with Gasteiger partial charge in [-0.05, 0) is 12.1 Å². The molecule has 8 heteroatoms. The Bertz CT molecular complexity index is 636. The molecule has 0 bridgehead atoms. The van der Waals surface area contributed by atoms with Gasteiger partial charge >= 0.3 is 0 Å². The number of H-pyrrole nitrogens is 1. The Hall–Kier alpha value is -1.30. The van der Waals surface area contributed by atoms with Crippen LogP contribution in [0.4, 0.5) is 15.9 Å². The van der Waals surface area contributed by atoms with Gasteiger partial charge in [-0.3, -0.25) is 4.79 Å². The van der Waals surface area contributed by atoms with Crippen molar-refractivity contribution in [3.63, 3.8) is 0 Å². The summed E-state index contributed by atoms with van der Waals surface area (Å²) in [5, 5.41) is 2.31. The van der Waals surface area contributed by atoms with Crippen LogP contribution in [0.25, 0.3) is 0 Å². The maximum atomic E-state index is 13.2. The fourth-order valence-corrected chi connectivity index (χ4v) is 1.87. The number of hydrogen-bond donors (Lipinski definition) is 2. The first kappa shape index (κ1) is 13.1. The molecule has 0 fully saturated rings. The van der Waals surface area contributed by atoms with Crippen molar-refractivity contribution in [2.75, 3.05) is 5.32 Å². The van der Waals surface area contributed by atoms with Crippen molar-refractivity contribution >= 4 is 46.3 Å². The standard InChI is InChI=1S/C10H5Cl3FN3O/c11-5-1-4(2-6(12)8(5)14)17-9-7(13)10(18)16-3-15-9/h1-3H,(H2,15,16,17,18). The van der Waals surface area contributed by atoms with Gasteiger partial charge in [-0.25, -0.2) is 9.37 Å². The van der Waals surface area contributed by atoms with Crippen LogP contribution in [0.2, 0.25) is 15.1 Å². The zero-order valence-electron chi connectivity index (χ0n) is 8.60. The second kappa shape index (κ2) is 5.14. The molecule has 1 aromatic carbocycles. The van der Waals surface area contributed by atoms with E-state index < -0.39 is 11.4 Å². The highest BCUT2D eigenvalue weighted by molar-refractivity contribution is 6.35. The van der Waals surface area contributed by atoms with Gasteiger partial charge in [0.05, 0.1) is 16.4 Å². The maximum Gasteiger partial charge on any atom is 0.271 e. The molecule has 4 nitrogen and oxygen atoms in total. The second-order valence-electron chi connectivity index (χ2n) is 3.27. The molecule has 0 spiro atoms. The molecule has 0 saturated heterocycles. The SMILES string of the molecule is O=c1[nH]cnc(Nc2cc(Cl)c(F)c(Cl)c2)c1Cl. The zero-order valence-corrected chi connectivity index (χ0v) is 10.9. The topological polar surface area (TPSA) is 57.8 Å². The van der Waals surface area contributed by atoms with Gasteiger partial charge in [-0.1, -0.05) is 34.8 Å². The van der Waals surface area contributed by atoms with E-state index >= 15 is 0 Å². The number of rotatable bonds is 2. The lowest BCUT2D eigenvalue weighted by Gasteiger charge is -2.08. The van der Waals surface area contributed by atoms with Crippen molar-refractivity contribution in [3.8, 4) is 0 Å². The lowest BCUT2D eigenvalue weighted by molar-refractivity contribution is 0.629. The summed E-state index contributed by atoms with van der Waals surface area (Å²) in [4.78, 5) is 17.4. The molecule has 2 N–H and O–H groups in total. The van der Waals surface area contributed by atoms with Crippen LogP contribution in [0, 0.1) is 5.82 Å². The Labute approximate surface area is 116 Å². The lowest BCUT2D eigenvalue weighted by Crippen LogP contribution is -2.09. The molecule has 0 amide bonds. The number of benzene rings is 1. The first-order valence-corrected chi connectivity index (χ1v) is 5.77. The monoisotopic (exact) mass is 307 g/mol. The van der Waals surface area contributed by atoms with Gasteiger partial charge in [-0.2, -0.15) is 0 Å². The van der Waals surface area contributed by atoms with E-state index in [2.05, 4.69) is 15.3 Å². The normalized spacial score (nSPS) is 10.4. The van der Waals surface area contributed by atoms with Gasteiger partial charge in [-0.15, -0.1) is 0 Å². The summed E-state index contributed by atoms with van der Waals surface area (Å²) in [5.74, 6) is -0.590. The summed E-state index contributed by atoms with van der Waals surface area (Å²) < 4.78 is 13.2. The average molecular weight is 309 g/mol. The third-order valence-electron chi connectivity index (χ3n) is 2.04. The third kappa shape index (κ3) is 2.58. The fourth-order valence-electron chi connectivity index (χ4n) is 1.23. The third-order valence-corrected chi connectivity index (χ3v) is 2.94. The molecule has 94 valence electrons. The Morgan fingerprint density at radius 1 is 1.22 bits per heavy atom. The van der Waals surface area contributed by atoms with E-state index in [4.69, 9.17) is 34.8 Å². The smallest absolute Gasteiger partial charge is 0.271 e. The molecule has 1 heterocycles. The molecule has 0 aliphatic rings.